The Hall–Kier alpha value is -2.71. The van der Waals surface area contributed by atoms with Crippen LogP contribution < -0.4 is 10.5 Å². The van der Waals surface area contributed by atoms with E-state index in [4.69, 9.17) is 10.7 Å². The van der Waals surface area contributed by atoms with Crippen LogP contribution in [0.3, 0.4) is 0 Å². The van der Waals surface area contributed by atoms with Crippen molar-refractivity contribution in [3.8, 4) is 11.3 Å². The standard InChI is InChI=1S/C25H30N4O3S/c1-25(2,3)28-33(31,32)19-11-9-16(10-12-19)22-21(23(26)30)20-13-17(15-7-8-15)14-27-24(20)29(22)18-5-4-6-18/h9-15,18,28H,4-8H2,1-3H3,(H2,26,30). The topological polar surface area (TPSA) is 107 Å². The van der Waals surface area contributed by atoms with Gasteiger partial charge in [0.2, 0.25) is 10.0 Å². The van der Waals surface area contributed by atoms with E-state index >= 15 is 0 Å². The fourth-order valence-corrected chi connectivity index (χ4v) is 6.05. The first-order chi connectivity index (χ1) is 15.5. The zero-order valence-electron chi connectivity index (χ0n) is 19.3. The van der Waals surface area contributed by atoms with Crippen LogP contribution in [0.1, 0.15) is 80.8 Å². The highest BCUT2D eigenvalue weighted by Crippen LogP contribution is 2.45. The highest BCUT2D eigenvalue weighted by Gasteiger charge is 2.32. The van der Waals surface area contributed by atoms with Gasteiger partial charge in [0, 0.05) is 23.2 Å². The Morgan fingerprint density at radius 3 is 2.30 bits per heavy atom. The number of amides is 1. The van der Waals surface area contributed by atoms with Gasteiger partial charge in [-0.3, -0.25) is 4.79 Å². The van der Waals surface area contributed by atoms with Gasteiger partial charge in [0.05, 0.1) is 16.2 Å². The molecular weight excluding hydrogens is 436 g/mol. The molecule has 2 aliphatic rings. The number of benzene rings is 1. The van der Waals surface area contributed by atoms with Crippen LogP contribution in [0.25, 0.3) is 22.3 Å². The van der Waals surface area contributed by atoms with Gasteiger partial charge in [-0.2, -0.15) is 0 Å². The number of carbonyl (C=O) groups is 1. The molecule has 1 aromatic carbocycles. The minimum Gasteiger partial charge on any atom is -0.366 e. The molecule has 2 aliphatic carbocycles. The zero-order chi connectivity index (χ0) is 23.5. The summed E-state index contributed by atoms with van der Waals surface area (Å²) in [5, 5.41) is 0.792. The third kappa shape index (κ3) is 4.06. The van der Waals surface area contributed by atoms with Crippen molar-refractivity contribution in [1.82, 2.24) is 14.3 Å². The van der Waals surface area contributed by atoms with E-state index in [0.29, 0.717) is 11.5 Å². The number of primary amides is 1. The van der Waals surface area contributed by atoms with E-state index in [9.17, 15) is 13.2 Å². The molecule has 3 aromatic rings. The maximum atomic E-state index is 12.7. The van der Waals surface area contributed by atoms with Crippen LogP contribution in [0.15, 0.2) is 41.4 Å². The Kier molecular flexibility index (Phi) is 5.14. The molecule has 8 heteroatoms. The first-order valence-electron chi connectivity index (χ1n) is 11.5. The Morgan fingerprint density at radius 2 is 1.79 bits per heavy atom. The molecule has 0 unspecified atom stereocenters. The van der Waals surface area contributed by atoms with E-state index < -0.39 is 21.5 Å². The number of nitrogens with two attached hydrogens (primary N) is 1. The van der Waals surface area contributed by atoms with Crippen molar-refractivity contribution in [2.45, 2.75) is 75.3 Å². The maximum Gasteiger partial charge on any atom is 0.251 e. The predicted octanol–water partition coefficient (Wildman–Crippen LogP) is 4.48. The van der Waals surface area contributed by atoms with E-state index in [2.05, 4.69) is 15.4 Å². The lowest BCUT2D eigenvalue weighted by molar-refractivity contribution is 0.100. The smallest absolute Gasteiger partial charge is 0.251 e. The lowest BCUT2D eigenvalue weighted by Gasteiger charge is -2.30. The molecule has 3 N–H and O–H groups in total. The summed E-state index contributed by atoms with van der Waals surface area (Å²) in [4.78, 5) is 17.7. The molecule has 2 saturated carbocycles. The van der Waals surface area contributed by atoms with Gasteiger partial charge in [-0.25, -0.2) is 18.1 Å². The summed E-state index contributed by atoms with van der Waals surface area (Å²) in [7, 11) is -3.66. The fourth-order valence-electron chi connectivity index (χ4n) is 4.63. The first-order valence-corrected chi connectivity index (χ1v) is 13.0. The number of rotatable bonds is 6. The van der Waals surface area contributed by atoms with E-state index in [0.717, 1.165) is 60.0 Å². The second-order valence-electron chi connectivity index (χ2n) is 10.3. The largest absolute Gasteiger partial charge is 0.366 e. The summed E-state index contributed by atoms with van der Waals surface area (Å²) < 4.78 is 30.3. The average Bonchev–Trinajstić information content (AvgIpc) is 3.48. The monoisotopic (exact) mass is 466 g/mol. The van der Waals surface area contributed by atoms with Gasteiger partial charge in [0.15, 0.2) is 0 Å². The number of hydrogen-bond acceptors (Lipinski definition) is 4. The number of pyridine rings is 1. The second kappa shape index (κ2) is 7.67. The molecular formula is C25H30N4O3S. The van der Waals surface area contributed by atoms with Crippen molar-refractivity contribution >= 4 is 27.0 Å². The number of sulfonamides is 1. The molecule has 7 nitrogen and oxygen atoms in total. The van der Waals surface area contributed by atoms with E-state index in [1.54, 1.807) is 45.0 Å². The van der Waals surface area contributed by atoms with Crippen molar-refractivity contribution in [2.75, 3.05) is 0 Å². The summed E-state index contributed by atoms with van der Waals surface area (Å²) in [5.41, 5.74) is 9.22. The van der Waals surface area contributed by atoms with Crippen LogP contribution in [-0.4, -0.2) is 29.4 Å². The van der Waals surface area contributed by atoms with Gasteiger partial charge < -0.3 is 10.3 Å². The van der Waals surface area contributed by atoms with Crippen molar-refractivity contribution < 1.29 is 13.2 Å². The van der Waals surface area contributed by atoms with Crippen molar-refractivity contribution in [2.24, 2.45) is 5.73 Å². The molecule has 2 heterocycles. The fraction of sp³-hybridized carbons (Fsp3) is 0.440. The zero-order valence-corrected chi connectivity index (χ0v) is 20.1. The van der Waals surface area contributed by atoms with Gasteiger partial charge in [-0.1, -0.05) is 12.1 Å². The van der Waals surface area contributed by atoms with Crippen LogP contribution in [0, 0.1) is 0 Å². The lowest BCUT2D eigenvalue weighted by Crippen LogP contribution is -2.40. The summed E-state index contributed by atoms with van der Waals surface area (Å²) in [5.74, 6) is 0.0202. The highest BCUT2D eigenvalue weighted by atomic mass is 32.2. The molecule has 0 atom stereocenters. The van der Waals surface area contributed by atoms with Gasteiger partial charge in [0.1, 0.15) is 5.65 Å². The third-order valence-electron chi connectivity index (χ3n) is 6.48. The number of aromatic nitrogens is 2. The normalized spacial score (nSPS) is 17.3. The van der Waals surface area contributed by atoms with E-state index in [-0.39, 0.29) is 10.9 Å². The van der Waals surface area contributed by atoms with Crippen molar-refractivity contribution in [3.63, 3.8) is 0 Å². The summed E-state index contributed by atoms with van der Waals surface area (Å²) in [6.45, 7) is 5.41. The van der Waals surface area contributed by atoms with Crippen LogP contribution in [0.2, 0.25) is 0 Å². The van der Waals surface area contributed by atoms with E-state index in [1.807, 2.05) is 6.20 Å². The molecule has 0 radical (unpaired) electrons. The molecule has 2 fully saturated rings. The van der Waals surface area contributed by atoms with Gasteiger partial charge >= 0.3 is 0 Å². The average molecular weight is 467 g/mol. The van der Waals surface area contributed by atoms with E-state index in [1.165, 1.54) is 0 Å². The van der Waals surface area contributed by atoms with Crippen LogP contribution >= 0.6 is 0 Å². The number of carbonyl (C=O) groups excluding carboxylic acids is 1. The molecule has 174 valence electrons. The summed E-state index contributed by atoms with van der Waals surface area (Å²) in [6.07, 6.45) is 7.39. The molecule has 0 bridgehead atoms. The predicted molar refractivity (Wildman–Crippen MR) is 129 cm³/mol. The van der Waals surface area contributed by atoms with Crippen molar-refractivity contribution in [1.29, 1.82) is 0 Å². The quantitative estimate of drug-likeness (QED) is 0.558. The number of fused-ring (bicyclic) bond motifs is 1. The van der Waals surface area contributed by atoms with Crippen LogP contribution in [0.5, 0.6) is 0 Å². The molecule has 0 aliphatic heterocycles. The minimum atomic E-state index is -3.66. The maximum absolute atomic E-state index is 12.7. The minimum absolute atomic E-state index is 0.183. The first kappa shape index (κ1) is 22.1. The van der Waals surface area contributed by atoms with Crippen LogP contribution in [-0.2, 0) is 10.0 Å². The molecule has 0 spiro atoms. The summed E-state index contributed by atoms with van der Waals surface area (Å²) in [6, 6.07) is 9.01. The van der Waals surface area contributed by atoms with Gasteiger partial charge in [0.25, 0.3) is 5.91 Å². The van der Waals surface area contributed by atoms with Gasteiger partial charge in [-0.05, 0) is 88.1 Å². The summed E-state index contributed by atoms with van der Waals surface area (Å²) >= 11 is 0. The molecule has 1 amide bonds. The Bertz CT molecular complexity index is 1340. The number of hydrogen-bond donors (Lipinski definition) is 2. The lowest BCUT2D eigenvalue weighted by atomic mass is 9.92. The SMILES string of the molecule is CC(C)(C)NS(=O)(=O)c1ccc(-c2c(C(N)=O)c3cc(C4CC4)cnc3n2C2CCC2)cc1. The Balaban J connectivity index is 1.67. The number of nitrogens with one attached hydrogen (secondary N) is 1. The number of nitrogens with zero attached hydrogens (tertiary/aromatic N) is 2. The Labute approximate surface area is 194 Å². The van der Waals surface area contributed by atoms with Gasteiger partial charge in [-0.15, -0.1) is 0 Å². The molecule has 5 rings (SSSR count). The van der Waals surface area contributed by atoms with Crippen molar-refractivity contribution in [3.05, 3.63) is 47.7 Å². The van der Waals surface area contributed by atoms with Crippen LogP contribution in [0.4, 0.5) is 0 Å². The Morgan fingerprint density at radius 1 is 1.12 bits per heavy atom. The molecule has 0 saturated heterocycles. The second-order valence-corrected chi connectivity index (χ2v) is 12.0. The highest BCUT2D eigenvalue weighted by molar-refractivity contribution is 7.89. The molecule has 2 aromatic heterocycles. The molecule has 33 heavy (non-hydrogen) atoms. The third-order valence-corrected chi connectivity index (χ3v) is 8.25.